The van der Waals surface area contributed by atoms with Crippen LogP contribution in [-0.4, -0.2) is 18.2 Å². The molecule has 0 aliphatic carbocycles. The summed E-state index contributed by atoms with van der Waals surface area (Å²) < 4.78 is 4.24. The van der Waals surface area contributed by atoms with Crippen molar-refractivity contribution >= 4 is 5.97 Å². The molecule has 46 valence electrons. The minimum atomic E-state index is -0.507. The fourth-order valence-electron chi connectivity index (χ4n) is 0.214. The van der Waals surface area contributed by atoms with Crippen LogP contribution < -0.4 is 0 Å². The van der Waals surface area contributed by atoms with Crippen LogP contribution in [0.2, 0.25) is 0 Å². The van der Waals surface area contributed by atoms with Crippen molar-refractivity contribution in [1.29, 1.82) is 0 Å². The molecular weight excluding hydrogens is 108 g/mol. The first-order valence-corrected chi connectivity index (χ1v) is 2.11. The van der Waals surface area contributed by atoms with Crippen molar-refractivity contribution in [3.05, 3.63) is 11.8 Å². The lowest BCUT2D eigenvalue weighted by atomic mass is 10.3. The van der Waals surface area contributed by atoms with E-state index in [-0.39, 0.29) is 5.57 Å². The van der Waals surface area contributed by atoms with Crippen LogP contribution in [0.25, 0.3) is 0 Å². The van der Waals surface area contributed by atoms with Gasteiger partial charge in [-0.2, -0.15) is 0 Å². The van der Waals surface area contributed by atoms with E-state index in [4.69, 9.17) is 5.11 Å². The Morgan fingerprint density at radius 3 is 2.38 bits per heavy atom. The lowest BCUT2D eigenvalue weighted by Gasteiger charge is -1.92. The minimum absolute atomic E-state index is 0.201. The summed E-state index contributed by atoms with van der Waals surface area (Å²) >= 11 is 0. The molecule has 0 rings (SSSR count). The van der Waals surface area contributed by atoms with Crippen LogP contribution in [0, 0.1) is 0 Å². The molecule has 0 heterocycles. The Hall–Kier alpha value is -0.990. The summed E-state index contributed by atoms with van der Waals surface area (Å²) in [7, 11) is 1.26. The zero-order valence-electron chi connectivity index (χ0n) is 4.84. The number of esters is 1. The summed E-state index contributed by atoms with van der Waals surface area (Å²) in [5.74, 6) is -0.507. The summed E-state index contributed by atoms with van der Waals surface area (Å²) in [6, 6.07) is 0. The highest BCUT2D eigenvalue weighted by atomic mass is 16.5. The van der Waals surface area contributed by atoms with Gasteiger partial charge in [0.15, 0.2) is 0 Å². The van der Waals surface area contributed by atoms with Crippen molar-refractivity contribution in [1.82, 2.24) is 0 Å². The molecule has 0 spiro atoms. The maximum atomic E-state index is 10.3. The van der Waals surface area contributed by atoms with Gasteiger partial charge in [-0.1, -0.05) is 0 Å². The predicted molar refractivity (Wildman–Crippen MR) is 28.4 cm³/mol. The molecule has 0 saturated heterocycles. The van der Waals surface area contributed by atoms with E-state index in [1.165, 1.54) is 14.0 Å². The number of carbonyl (C=O) groups excluding carboxylic acids is 1. The van der Waals surface area contributed by atoms with Crippen LogP contribution in [0.4, 0.5) is 0 Å². The average Bonchev–Trinajstić information content (AvgIpc) is 1.84. The van der Waals surface area contributed by atoms with Gasteiger partial charge in [0, 0.05) is 0 Å². The van der Waals surface area contributed by atoms with Crippen molar-refractivity contribution in [2.75, 3.05) is 7.11 Å². The van der Waals surface area contributed by atoms with Crippen molar-refractivity contribution < 1.29 is 14.6 Å². The van der Waals surface area contributed by atoms with Crippen LogP contribution in [-0.2, 0) is 9.53 Å². The molecule has 0 amide bonds. The summed E-state index contributed by atoms with van der Waals surface area (Å²) in [5, 5.41) is 8.17. The predicted octanol–water partition coefficient (Wildman–Crippen LogP) is 0.621. The van der Waals surface area contributed by atoms with E-state index in [2.05, 4.69) is 4.74 Å². The van der Waals surface area contributed by atoms with Crippen LogP contribution in [0.3, 0.4) is 0 Å². The fourth-order valence-corrected chi connectivity index (χ4v) is 0.214. The zero-order chi connectivity index (χ0) is 6.57. The Balaban J connectivity index is 3.83. The Morgan fingerprint density at radius 1 is 1.75 bits per heavy atom. The van der Waals surface area contributed by atoms with E-state index in [1.807, 2.05) is 0 Å². The second-order valence-corrected chi connectivity index (χ2v) is 1.30. The smallest absolute Gasteiger partial charge is 0.336 e. The largest absolute Gasteiger partial charge is 0.515 e. The van der Waals surface area contributed by atoms with E-state index in [0.717, 1.165) is 0 Å². The van der Waals surface area contributed by atoms with Crippen LogP contribution in [0.15, 0.2) is 11.8 Å². The average molecular weight is 116 g/mol. The number of rotatable bonds is 1. The summed E-state index contributed by atoms with van der Waals surface area (Å²) in [6.07, 6.45) is 0.714. The van der Waals surface area contributed by atoms with E-state index in [9.17, 15) is 4.79 Å². The third-order valence-corrected chi connectivity index (χ3v) is 0.701. The minimum Gasteiger partial charge on any atom is -0.515 e. The topological polar surface area (TPSA) is 46.5 Å². The highest BCUT2D eigenvalue weighted by molar-refractivity contribution is 5.87. The molecule has 0 fully saturated rings. The van der Waals surface area contributed by atoms with E-state index < -0.39 is 5.97 Å². The number of methoxy groups -OCH3 is 1. The van der Waals surface area contributed by atoms with Crippen LogP contribution >= 0.6 is 0 Å². The number of ether oxygens (including phenoxy) is 1. The number of hydrogen-bond acceptors (Lipinski definition) is 3. The first kappa shape index (κ1) is 7.01. The van der Waals surface area contributed by atoms with Crippen molar-refractivity contribution in [3.63, 3.8) is 0 Å². The summed E-state index contributed by atoms with van der Waals surface area (Å²) in [5.41, 5.74) is 0.201. The molecule has 0 atom stereocenters. The summed E-state index contributed by atoms with van der Waals surface area (Å²) in [4.78, 5) is 10.3. The molecular formula is C5H8O3. The van der Waals surface area contributed by atoms with Gasteiger partial charge in [0.1, 0.15) is 0 Å². The SMILES string of the molecule is COC(=O)/C(C)=C\O. The molecule has 0 aromatic rings. The molecule has 0 aromatic heterocycles. The molecule has 3 nitrogen and oxygen atoms in total. The first-order valence-electron chi connectivity index (χ1n) is 2.11. The lowest BCUT2D eigenvalue weighted by Crippen LogP contribution is -2.00. The molecule has 0 bridgehead atoms. The highest BCUT2D eigenvalue weighted by Gasteiger charge is 1.99. The Bertz CT molecular complexity index is 115. The molecule has 0 aliphatic rings. The van der Waals surface area contributed by atoms with Gasteiger partial charge in [0.25, 0.3) is 0 Å². The molecule has 8 heavy (non-hydrogen) atoms. The molecule has 0 aromatic carbocycles. The van der Waals surface area contributed by atoms with Crippen LogP contribution in [0.1, 0.15) is 6.92 Å². The quantitative estimate of drug-likeness (QED) is 0.310. The number of carbonyl (C=O) groups is 1. The van der Waals surface area contributed by atoms with Gasteiger partial charge < -0.3 is 9.84 Å². The Kier molecular flexibility index (Phi) is 2.69. The second kappa shape index (κ2) is 3.07. The summed E-state index contributed by atoms with van der Waals surface area (Å²) in [6.45, 7) is 1.46. The van der Waals surface area contributed by atoms with Crippen LogP contribution in [0.5, 0.6) is 0 Å². The Morgan fingerprint density at radius 2 is 2.25 bits per heavy atom. The van der Waals surface area contributed by atoms with Gasteiger partial charge >= 0.3 is 5.97 Å². The van der Waals surface area contributed by atoms with E-state index >= 15 is 0 Å². The molecule has 0 unspecified atom stereocenters. The second-order valence-electron chi connectivity index (χ2n) is 1.30. The molecule has 0 saturated carbocycles. The number of aliphatic hydroxyl groups is 1. The maximum Gasteiger partial charge on any atom is 0.336 e. The van der Waals surface area contributed by atoms with E-state index in [0.29, 0.717) is 6.26 Å². The normalized spacial score (nSPS) is 11.0. The van der Waals surface area contributed by atoms with Crippen molar-refractivity contribution in [2.24, 2.45) is 0 Å². The fraction of sp³-hybridized carbons (Fsp3) is 0.400. The van der Waals surface area contributed by atoms with Gasteiger partial charge in [-0.25, -0.2) is 4.79 Å². The van der Waals surface area contributed by atoms with Crippen molar-refractivity contribution in [3.8, 4) is 0 Å². The maximum absolute atomic E-state index is 10.3. The molecule has 3 heteroatoms. The zero-order valence-corrected chi connectivity index (χ0v) is 4.84. The van der Waals surface area contributed by atoms with Gasteiger partial charge in [0.2, 0.25) is 0 Å². The third-order valence-electron chi connectivity index (χ3n) is 0.701. The van der Waals surface area contributed by atoms with Gasteiger partial charge in [0.05, 0.1) is 18.9 Å². The van der Waals surface area contributed by atoms with Gasteiger partial charge in [-0.3, -0.25) is 0 Å². The van der Waals surface area contributed by atoms with Gasteiger partial charge in [-0.15, -0.1) is 0 Å². The number of hydrogen-bond donors (Lipinski definition) is 1. The lowest BCUT2D eigenvalue weighted by molar-refractivity contribution is -0.136. The molecule has 0 aliphatic heterocycles. The molecule has 1 N–H and O–H groups in total. The first-order chi connectivity index (χ1) is 3.72. The standard InChI is InChI=1S/C5H8O3/c1-4(3-6)5(7)8-2/h3,6H,1-2H3/b4-3-. The Labute approximate surface area is 47.6 Å². The van der Waals surface area contributed by atoms with E-state index in [1.54, 1.807) is 0 Å². The van der Waals surface area contributed by atoms with Crippen molar-refractivity contribution in [2.45, 2.75) is 6.92 Å². The number of aliphatic hydroxyl groups excluding tert-OH is 1. The third kappa shape index (κ3) is 1.64. The molecule has 0 radical (unpaired) electrons. The highest BCUT2D eigenvalue weighted by Crippen LogP contribution is 1.90. The van der Waals surface area contributed by atoms with Gasteiger partial charge in [-0.05, 0) is 6.92 Å². The monoisotopic (exact) mass is 116 g/mol.